The van der Waals surface area contributed by atoms with Crippen LogP contribution in [0, 0.1) is 5.82 Å². The molecule has 0 radical (unpaired) electrons. The van der Waals surface area contributed by atoms with Crippen LogP contribution in [0.5, 0.6) is 0 Å². The first kappa shape index (κ1) is 13.6. The average Bonchev–Trinajstić information content (AvgIpc) is 2.29. The summed E-state index contributed by atoms with van der Waals surface area (Å²) in [6.45, 7) is 1.92. The van der Waals surface area contributed by atoms with Crippen LogP contribution in [0.25, 0.3) is 0 Å². The molecule has 90 valence electrons. The Morgan fingerprint density at radius 2 is 2.12 bits per heavy atom. The molecule has 0 fully saturated rings. The minimum atomic E-state index is -0.782. The number of hydrogen-bond acceptors (Lipinski definition) is 2. The Kier molecular flexibility index (Phi) is 5.38. The average molecular weight is 291 g/mol. The lowest BCUT2D eigenvalue weighted by Gasteiger charge is -2.15. The number of hydrogen-bond donors (Lipinski definition) is 1. The molecule has 16 heavy (non-hydrogen) atoms. The summed E-state index contributed by atoms with van der Waals surface area (Å²) in [6.07, 6.45) is 0.478. The van der Waals surface area contributed by atoms with E-state index in [4.69, 9.17) is 4.74 Å². The highest BCUT2D eigenvalue weighted by molar-refractivity contribution is 9.10. The van der Waals surface area contributed by atoms with Crippen LogP contribution < -0.4 is 0 Å². The van der Waals surface area contributed by atoms with Gasteiger partial charge >= 0.3 is 0 Å². The van der Waals surface area contributed by atoms with Crippen molar-refractivity contribution in [2.24, 2.45) is 0 Å². The van der Waals surface area contributed by atoms with Gasteiger partial charge in [-0.05, 0) is 41.8 Å². The third-order valence-corrected chi connectivity index (χ3v) is 3.20. The van der Waals surface area contributed by atoms with E-state index in [0.29, 0.717) is 22.9 Å². The third kappa shape index (κ3) is 3.54. The van der Waals surface area contributed by atoms with Crippen molar-refractivity contribution in [2.45, 2.75) is 32.0 Å². The fourth-order valence-electron chi connectivity index (χ4n) is 1.44. The van der Waals surface area contributed by atoms with Gasteiger partial charge in [-0.1, -0.05) is 12.1 Å². The molecule has 2 nitrogen and oxygen atoms in total. The third-order valence-electron chi connectivity index (χ3n) is 2.59. The van der Waals surface area contributed by atoms with E-state index < -0.39 is 6.10 Å². The molecule has 0 amide bonds. The van der Waals surface area contributed by atoms with E-state index in [1.54, 1.807) is 25.3 Å². The maximum Gasteiger partial charge on any atom is 0.143 e. The van der Waals surface area contributed by atoms with Crippen molar-refractivity contribution < 1.29 is 14.2 Å². The zero-order chi connectivity index (χ0) is 12.1. The van der Waals surface area contributed by atoms with E-state index in [9.17, 15) is 9.50 Å². The summed E-state index contributed by atoms with van der Waals surface area (Å²) in [5, 5.41) is 9.85. The van der Waals surface area contributed by atoms with E-state index in [1.807, 2.05) is 6.92 Å². The molecule has 1 N–H and O–H groups in total. The lowest BCUT2D eigenvalue weighted by molar-refractivity contribution is 0.0840. The van der Waals surface area contributed by atoms with Crippen molar-refractivity contribution in [3.63, 3.8) is 0 Å². The maximum atomic E-state index is 13.6. The summed E-state index contributed by atoms with van der Waals surface area (Å²) in [6, 6.07) is 4.93. The number of rotatable bonds is 5. The van der Waals surface area contributed by atoms with Crippen LogP contribution in [0.1, 0.15) is 31.4 Å². The second-order valence-electron chi connectivity index (χ2n) is 3.78. The van der Waals surface area contributed by atoms with Gasteiger partial charge in [-0.2, -0.15) is 0 Å². The maximum absolute atomic E-state index is 13.6. The minimum absolute atomic E-state index is 0.0739. The lowest BCUT2D eigenvalue weighted by Crippen LogP contribution is -2.08. The number of halogens is 2. The topological polar surface area (TPSA) is 29.5 Å². The van der Waals surface area contributed by atoms with Gasteiger partial charge in [0.25, 0.3) is 0 Å². The fourth-order valence-corrected chi connectivity index (χ4v) is 1.83. The van der Waals surface area contributed by atoms with Crippen LogP contribution in [0.4, 0.5) is 4.39 Å². The summed E-state index contributed by atoms with van der Waals surface area (Å²) < 4.78 is 19.1. The van der Waals surface area contributed by atoms with Gasteiger partial charge in [-0.25, -0.2) is 4.39 Å². The molecule has 0 bridgehead atoms. The molecule has 2 atom stereocenters. The first-order valence-electron chi connectivity index (χ1n) is 5.21. The standard InChI is InChI=1S/C12H16BrFO2/c1-8(16-2)6-7-11(15)9-4-3-5-10(13)12(9)14/h3-5,8,11,15H,6-7H2,1-2H3. The number of aliphatic hydroxyl groups excluding tert-OH is 1. The molecule has 1 rings (SSSR count). The molecule has 1 aromatic rings. The number of ether oxygens (including phenoxy) is 1. The van der Waals surface area contributed by atoms with Gasteiger partial charge in [0, 0.05) is 12.7 Å². The summed E-state index contributed by atoms with van der Waals surface area (Å²) in [4.78, 5) is 0. The largest absolute Gasteiger partial charge is 0.388 e. The van der Waals surface area contributed by atoms with E-state index in [2.05, 4.69) is 15.9 Å². The molecule has 0 spiro atoms. The van der Waals surface area contributed by atoms with Crippen molar-refractivity contribution in [1.82, 2.24) is 0 Å². The van der Waals surface area contributed by atoms with Crippen LogP contribution >= 0.6 is 15.9 Å². The summed E-state index contributed by atoms with van der Waals surface area (Å²) >= 11 is 3.10. The number of aliphatic hydroxyl groups is 1. The quantitative estimate of drug-likeness (QED) is 0.900. The molecular weight excluding hydrogens is 275 g/mol. The molecule has 0 aliphatic rings. The van der Waals surface area contributed by atoms with Gasteiger partial charge in [0.2, 0.25) is 0 Å². The summed E-state index contributed by atoms with van der Waals surface area (Å²) in [5.74, 6) is -0.389. The second kappa shape index (κ2) is 6.33. The molecule has 4 heteroatoms. The monoisotopic (exact) mass is 290 g/mol. The Morgan fingerprint density at radius 1 is 1.44 bits per heavy atom. The van der Waals surface area contributed by atoms with Gasteiger partial charge in [0.05, 0.1) is 16.7 Å². The Balaban J connectivity index is 2.66. The Morgan fingerprint density at radius 3 is 2.75 bits per heavy atom. The zero-order valence-electron chi connectivity index (χ0n) is 9.41. The van der Waals surface area contributed by atoms with Gasteiger partial charge in [-0.15, -0.1) is 0 Å². The molecule has 0 aliphatic heterocycles. The zero-order valence-corrected chi connectivity index (χ0v) is 11.0. The normalized spacial score (nSPS) is 14.8. The highest BCUT2D eigenvalue weighted by Gasteiger charge is 2.15. The van der Waals surface area contributed by atoms with E-state index in [1.165, 1.54) is 0 Å². The molecule has 0 heterocycles. The van der Waals surface area contributed by atoms with E-state index in [-0.39, 0.29) is 11.9 Å². The van der Waals surface area contributed by atoms with Gasteiger partial charge in [0.15, 0.2) is 0 Å². The first-order chi connectivity index (χ1) is 7.56. The fraction of sp³-hybridized carbons (Fsp3) is 0.500. The number of methoxy groups -OCH3 is 1. The van der Waals surface area contributed by atoms with Gasteiger partial charge in [0.1, 0.15) is 5.82 Å². The first-order valence-corrected chi connectivity index (χ1v) is 6.00. The smallest absolute Gasteiger partial charge is 0.143 e. The highest BCUT2D eigenvalue weighted by atomic mass is 79.9. The molecule has 0 saturated carbocycles. The molecule has 2 unspecified atom stereocenters. The molecule has 0 saturated heterocycles. The van der Waals surface area contributed by atoms with E-state index in [0.717, 1.165) is 0 Å². The van der Waals surface area contributed by atoms with Gasteiger partial charge in [-0.3, -0.25) is 0 Å². The second-order valence-corrected chi connectivity index (χ2v) is 4.64. The SMILES string of the molecule is COC(C)CCC(O)c1cccc(Br)c1F. The molecular formula is C12H16BrFO2. The van der Waals surface area contributed by atoms with Crippen LogP contribution in [0.15, 0.2) is 22.7 Å². The van der Waals surface area contributed by atoms with Crippen LogP contribution in [0.2, 0.25) is 0 Å². The van der Waals surface area contributed by atoms with Crippen LogP contribution in [-0.2, 0) is 4.74 Å². The Bertz CT molecular complexity index is 344. The Labute approximate surface area is 104 Å². The predicted octanol–water partition coefficient (Wildman–Crippen LogP) is 3.44. The van der Waals surface area contributed by atoms with Crippen molar-refractivity contribution in [2.75, 3.05) is 7.11 Å². The predicted molar refractivity (Wildman–Crippen MR) is 64.8 cm³/mol. The van der Waals surface area contributed by atoms with Crippen molar-refractivity contribution in [1.29, 1.82) is 0 Å². The number of benzene rings is 1. The molecule has 0 aromatic heterocycles. The van der Waals surface area contributed by atoms with Gasteiger partial charge < -0.3 is 9.84 Å². The molecule has 0 aliphatic carbocycles. The summed E-state index contributed by atoms with van der Waals surface area (Å²) in [5.41, 5.74) is 0.331. The summed E-state index contributed by atoms with van der Waals surface area (Å²) in [7, 11) is 1.62. The van der Waals surface area contributed by atoms with Crippen molar-refractivity contribution in [3.05, 3.63) is 34.1 Å². The van der Waals surface area contributed by atoms with Crippen molar-refractivity contribution in [3.8, 4) is 0 Å². The minimum Gasteiger partial charge on any atom is -0.388 e. The lowest BCUT2D eigenvalue weighted by atomic mass is 10.0. The van der Waals surface area contributed by atoms with Crippen LogP contribution in [0.3, 0.4) is 0 Å². The van der Waals surface area contributed by atoms with Crippen LogP contribution in [-0.4, -0.2) is 18.3 Å². The molecule has 1 aromatic carbocycles. The Hall–Kier alpha value is -0.450. The van der Waals surface area contributed by atoms with Crippen molar-refractivity contribution >= 4 is 15.9 Å². The highest BCUT2D eigenvalue weighted by Crippen LogP contribution is 2.26. The van der Waals surface area contributed by atoms with E-state index >= 15 is 0 Å².